The van der Waals surface area contributed by atoms with E-state index < -0.39 is 0 Å². The first-order chi connectivity index (χ1) is 6.68. The Labute approximate surface area is 89.0 Å². The van der Waals surface area contributed by atoms with Gasteiger partial charge in [-0.15, -0.1) is 6.58 Å². The van der Waals surface area contributed by atoms with Gasteiger partial charge in [-0.2, -0.15) is 0 Å². The minimum absolute atomic E-state index is 0.358. The van der Waals surface area contributed by atoms with Gasteiger partial charge >= 0.3 is 0 Å². The Kier molecular flexibility index (Phi) is 6.85. The van der Waals surface area contributed by atoms with Gasteiger partial charge in [0.15, 0.2) is 0 Å². The quantitative estimate of drug-likeness (QED) is 0.683. The molecule has 1 saturated heterocycles. The van der Waals surface area contributed by atoms with E-state index in [0.29, 0.717) is 5.41 Å². The van der Waals surface area contributed by atoms with Crippen molar-refractivity contribution in [2.24, 2.45) is 11.1 Å². The fourth-order valence-corrected chi connectivity index (χ4v) is 2.05. The van der Waals surface area contributed by atoms with Crippen molar-refractivity contribution in [1.82, 2.24) is 5.32 Å². The van der Waals surface area contributed by atoms with Gasteiger partial charge < -0.3 is 11.1 Å². The fraction of sp³-hybridized carbons (Fsp3) is 0.833. The van der Waals surface area contributed by atoms with Crippen molar-refractivity contribution in [3.63, 3.8) is 0 Å². The molecule has 2 nitrogen and oxygen atoms in total. The Bertz CT molecular complexity index is 158. The molecule has 0 unspecified atom stereocenters. The zero-order valence-corrected chi connectivity index (χ0v) is 10.0. The molecule has 3 N–H and O–H groups in total. The van der Waals surface area contributed by atoms with Crippen LogP contribution in [-0.4, -0.2) is 19.6 Å². The van der Waals surface area contributed by atoms with Gasteiger partial charge in [0.25, 0.3) is 0 Å². The smallest absolute Gasteiger partial charge is 0.00165 e. The topological polar surface area (TPSA) is 38.0 Å². The van der Waals surface area contributed by atoms with Crippen LogP contribution in [0, 0.1) is 5.41 Å². The van der Waals surface area contributed by atoms with Crippen molar-refractivity contribution >= 4 is 0 Å². The molecule has 1 aliphatic rings. The molecule has 0 amide bonds. The molecule has 0 atom stereocenters. The number of piperidine rings is 1. The molecule has 0 spiro atoms. The van der Waals surface area contributed by atoms with Crippen LogP contribution in [0.5, 0.6) is 0 Å². The number of allylic oxidation sites excluding steroid dienone is 1. The second-order valence-electron chi connectivity index (χ2n) is 4.09. The highest BCUT2D eigenvalue weighted by Gasteiger charge is 2.29. The van der Waals surface area contributed by atoms with Crippen LogP contribution in [0.2, 0.25) is 0 Å². The average molecular weight is 198 g/mol. The minimum atomic E-state index is 0.358. The van der Waals surface area contributed by atoms with Crippen LogP contribution >= 0.6 is 0 Å². The summed E-state index contributed by atoms with van der Waals surface area (Å²) in [4.78, 5) is 0. The van der Waals surface area contributed by atoms with Gasteiger partial charge in [0.1, 0.15) is 0 Å². The molecule has 84 valence electrons. The summed E-state index contributed by atoms with van der Waals surface area (Å²) in [6.07, 6.45) is 3.51. The number of hydrogen-bond donors (Lipinski definition) is 2. The number of hydrogen-bond acceptors (Lipinski definition) is 2. The number of rotatable bonds is 3. The average Bonchev–Trinajstić information content (AvgIpc) is 2.21. The molecule has 0 aromatic rings. The van der Waals surface area contributed by atoms with Gasteiger partial charge in [-0.05, 0) is 51.2 Å². The maximum atomic E-state index is 5.82. The number of nitrogens with one attached hydrogen (secondary N) is 1. The van der Waals surface area contributed by atoms with Crippen molar-refractivity contribution in [2.45, 2.75) is 40.0 Å². The molecule has 14 heavy (non-hydrogen) atoms. The van der Waals surface area contributed by atoms with Gasteiger partial charge in [-0.1, -0.05) is 19.4 Å². The molecule has 0 radical (unpaired) electrons. The summed E-state index contributed by atoms with van der Waals surface area (Å²) in [6.45, 7) is 13.1. The molecule has 0 saturated carbocycles. The molecule has 0 bridgehead atoms. The van der Waals surface area contributed by atoms with Crippen LogP contribution in [0.15, 0.2) is 12.2 Å². The Morgan fingerprint density at radius 1 is 1.36 bits per heavy atom. The molecule has 1 heterocycles. The lowest BCUT2D eigenvalue weighted by molar-refractivity contribution is 0.210. The molecule has 2 heteroatoms. The van der Waals surface area contributed by atoms with Crippen LogP contribution in [0.3, 0.4) is 0 Å². The Morgan fingerprint density at radius 3 is 2.21 bits per heavy atom. The van der Waals surface area contributed by atoms with Crippen LogP contribution in [-0.2, 0) is 0 Å². The molecule has 1 aliphatic heterocycles. The summed E-state index contributed by atoms with van der Waals surface area (Å²) in [5, 5.41) is 3.36. The van der Waals surface area contributed by atoms with E-state index in [1.807, 2.05) is 13.8 Å². The van der Waals surface area contributed by atoms with Gasteiger partial charge in [0.05, 0.1) is 0 Å². The zero-order valence-electron chi connectivity index (χ0n) is 10.0. The maximum Gasteiger partial charge on any atom is -0.00165 e. The standard InChI is InChI=1S/C10H20N2.C2H6/c1-9(2)7-10(8-11)3-5-12-6-4-10;1-2/h12H,1,3-8,11H2,2H3;1-2H3. The van der Waals surface area contributed by atoms with Crippen molar-refractivity contribution in [1.29, 1.82) is 0 Å². The van der Waals surface area contributed by atoms with Crippen molar-refractivity contribution in [3.8, 4) is 0 Å². The first-order valence-corrected chi connectivity index (χ1v) is 5.74. The summed E-state index contributed by atoms with van der Waals surface area (Å²) in [6, 6.07) is 0. The summed E-state index contributed by atoms with van der Waals surface area (Å²) < 4.78 is 0. The molecule has 1 rings (SSSR count). The zero-order chi connectivity index (χ0) is 11.0. The lowest BCUT2D eigenvalue weighted by Gasteiger charge is -2.36. The van der Waals surface area contributed by atoms with E-state index in [4.69, 9.17) is 5.73 Å². The lowest BCUT2D eigenvalue weighted by Crippen LogP contribution is -2.41. The largest absolute Gasteiger partial charge is 0.330 e. The van der Waals surface area contributed by atoms with Gasteiger partial charge in [0, 0.05) is 0 Å². The van der Waals surface area contributed by atoms with Gasteiger partial charge in [-0.3, -0.25) is 0 Å². The second-order valence-corrected chi connectivity index (χ2v) is 4.09. The molecular formula is C12H26N2. The third-order valence-electron chi connectivity index (χ3n) is 2.77. The molecule has 0 aromatic heterocycles. The predicted molar refractivity (Wildman–Crippen MR) is 64.4 cm³/mol. The summed E-state index contributed by atoms with van der Waals surface area (Å²) in [5.41, 5.74) is 7.44. The number of nitrogens with two attached hydrogens (primary N) is 1. The highest BCUT2D eigenvalue weighted by atomic mass is 14.9. The third kappa shape index (κ3) is 4.25. The van der Waals surface area contributed by atoms with Crippen molar-refractivity contribution in [3.05, 3.63) is 12.2 Å². The summed E-state index contributed by atoms with van der Waals surface area (Å²) in [7, 11) is 0. The van der Waals surface area contributed by atoms with E-state index in [2.05, 4.69) is 18.8 Å². The van der Waals surface area contributed by atoms with Crippen LogP contribution in [0.25, 0.3) is 0 Å². The molecule has 1 fully saturated rings. The van der Waals surface area contributed by atoms with E-state index in [-0.39, 0.29) is 0 Å². The van der Waals surface area contributed by atoms with Crippen molar-refractivity contribution in [2.75, 3.05) is 19.6 Å². The highest BCUT2D eigenvalue weighted by molar-refractivity contribution is 4.99. The van der Waals surface area contributed by atoms with Gasteiger partial charge in [0.2, 0.25) is 0 Å². The predicted octanol–water partition coefficient (Wildman–Crippen LogP) is 2.31. The maximum absolute atomic E-state index is 5.82. The molecular weight excluding hydrogens is 172 g/mol. The normalized spacial score (nSPS) is 19.4. The second kappa shape index (κ2) is 7.02. The van der Waals surface area contributed by atoms with Crippen molar-refractivity contribution < 1.29 is 0 Å². The first-order valence-electron chi connectivity index (χ1n) is 5.74. The SMILES string of the molecule is C=C(C)CC1(CN)CCNCC1.CC. The fourth-order valence-electron chi connectivity index (χ4n) is 2.05. The molecule has 0 aliphatic carbocycles. The lowest BCUT2D eigenvalue weighted by atomic mass is 9.74. The van der Waals surface area contributed by atoms with Crippen LogP contribution < -0.4 is 11.1 Å². The minimum Gasteiger partial charge on any atom is -0.330 e. The van der Waals surface area contributed by atoms with Crippen LogP contribution in [0.4, 0.5) is 0 Å². The van der Waals surface area contributed by atoms with E-state index in [1.165, 1.54) is 18.4 Å². The Morgan fingerprint density at radius 2 is 1.86 bits per heavy atom. The van der Waals surface area contributed by atoms with Crippen LogP contribution in [0.1, 0.15) is 40.0 Å². The molecule has 0 aromatic carbocycles. The van der Waals surface area contributed by atoms with E-state index in [0.717, 1.165) is 26.1 Å². The summed E-state index contributed by atoms with van der Waals surface area (Å²) >= 11 is 0. The van der Waals surface area contributed by atoms with Gasteiger partial charge in [-0.25, -0.2) is 0 Å². The van der Waals surface area contributed by atoms with E-state index in [9.17, 15) is 0 Å². The Balaban J connectivity index is 0.000000791. The van der Waals surface area contributed by atoms with E-state index in [1.54, 1.807) is 0 Å². The first kappa shape index (κ1) is 13.7. The van der Waals surface area contributed by atoms with E-state index >= 15 is 0 Å². The third-order valence-corrected chi connectivity index (χ3v) is 2.77. The monoisotopic (exact) mass is 198 g/mol. The highest BCUT2D eigenvalue weighted by Crippen LogP contribution is 2.33. The Hall–Kier alpha value is -0.340. The summed E-state index contributed by atoms with van der Waals surface area (Å²) in [5.74, 6) is 0.